The average molecular weight is 666 g/mol. The maximum atomic E-state index is 6.69. The van der Waals surface area contributed by atoms with Gasteiger partial charge in [-0.2, -0.15) is 0 Å². The van der Waals surface area contributed by atoms with Crippen LogP contribution in [0.25, 0.3) is 111 Å². The van der Waals surface area contributed by atoms with E-state index in [1.54, 1.807) is 0 Å². The molecule has 0 unspecified atom stereocenters. The Balaban J connectivity index is 1.18. The first-order chi connectivity index (χ1) is 25.7. The molecule has 3 aromatic heterocycles. The van der Waals surface area contributed by atoms with Gasteiger partial charge in [0.1, 0.15) is 22.3 Å². The molecule has 5 nitrogen and oxygen atoms in total. The smallest absolute Gasteiger partial charge is 0.164 e. The summed E-state index contributed by atoms with van der Waals surface area (Å²) < 4.78 is 13.0. The van der Waals surface area contributed by atoms with Gasteiger partial charge < -0.3 is 8.83 Å². The predicted octanol–water partition coefficient (Wildman–Crippen LogP) is 12.6. The van der Waals surface area contributed by atoms with Crippen molar-refractivity contribution in [3.63, 3.8) is 0 Å². The highest BCUT2D eigenvalue weighted by Crippen LogP contribution is 2.43. The molecule has 0 bridgehead atoms. The first-order valence-corrected chi connectivity index (χ1v) is 17.3. The van der Waals surface area contributed by atoms with Crippen LogP contribution in [0.4, 0.5) is 0 Å². The van der Waals surface area contributed by atoms with Crippen LogP contribution in [0.1, 0.15) is 0 Å². The van der Waals surface area contributed by atoms with E-state index >= 15 is 0 Å². The molecule has 0 aliphatic heterocycles. The fourth-order valence-corrected chi connectivity index (χ4v) is 7.64. The van der Waals surface area contributed by atoms with Gasteiger partial charge in [0.2, 0.25) is 0 Å². The number of hydrogen-bond acceptors (Lipinski definition) is 5. The third-order valence-electron chi connectivity index (χ3n) is 10.1. The summed E-state index contributed by atoms with van der Waals surface area (Å²) in [5.74, 6) is 1.73. The van der Waals surface area contributed by atoms with Crippen LogP contribution in [0.5, 0.6) is 0 Å². The van der Waals surface area contributed by atoms with Crippen LogP contribution in [0.2, 0.25) is 0 Å². The maximum absolute atomic E-state index is 6.69. The molecule has 0 N–H and O–H groups in total. The average Bonchev–Trinajstić information content (AvgIpc) is 3.79. The van der Waals surface area contributed by atoms with Gasteiger partial charge in [-0.1, -0.05) is 127 Å². The lowest BCUT2D eigenvalue weighted by molar-refractivity contribution is 0.669. The molecule has 5 heteroatoms. The van der Waals surface area contributed by atoms with Crippen molar-refractivity contribution in [2.24, 2.45) is 0 Å². The summed E-state index contributed by atoms with van der Waals surface area (Å²) in [7, 11) is 0. The summed E-state index contributed by atoms with van der Waals surface area (Å²) in [6.45, 7) is 0. The van der Waals surface area contributed by atoms with Crippen molar-refractivity contribution in [1.82, 2.24) is 15.0 Å². The zero-order chi connectivity index (χ0) is 34.2. The quantitative estimate of drug-likeness (QED) is 0.187. The van der Waals surface area contributed by atoms with Gasteiger partial charge in [0.05, 0.1) is 0 Å². The monoisotopic (exact) mass is 665 g/mol. The summed E-state index contributed by atoms with van der Waals surface area (Å²) >= 11 is 0. The van der Waals surface area contributed by atoms with Gasteiger partial charge in [-0.3, -0.25) is 0 Å². The van der Waals surface area contributed by atoms with E-state index in [9.17, 15) is 0 Å². The SMILES string of the molecule is c1ccc(-c2cc3c(oc4cccc(-c5nc(-c6ccc7ccccc7c6)nc(-c6ccc7c(c6)oc6ccccc67)n5)c43)c3ccccc23)cc1. The molecule has 0 spiro atoms. The van der Waals surface area contributed by atoms with Crippen LogP contribution in [0, 0.1) is 0 Å². The van der Waals surface area contributed by atoms with E-state index in [1.807, 2.05) is 42.5 Å². The highest BCUT2D eigenvalue weighted by atomic mass is 16.3. The van der Waals surface area contributed by atoms with Crippen LogP contribution in [0.15, 0.2) is 173 Å². The molecule has 0 saturated carbocycles. The molecule has 242 valence electrons. The second kappa shape index (κ2) is 11.2. The lowest BCUT2D eigenvalue weighted by atomic mass is 9.94. The van der Waals surface area contributed by atoms with Crippen molar-refractivity contribution >= 4 is 65.4 Å². The molecular weight excluding hydrogens is 639 g/mol. The number of aromatic nitrogens is 3. The Kier molecular flexibility index (Phi) is 6.18. The molecule has 11 rings (SSSR count). The summed E-state index contributed by atoms with van der Waals surface area (Å²) in [6, 6.07) is 56.3. The highest BCUT2D eigenvalue weighted by Gasteiger charge is 2.21. The van der Waals surface area contributed by atoms with Gasteiger partial charge >= 0.3 is 0 Å². The minimum atomic E-state index is 0.566. The third-order valence-corrected chi connectivity index (χ3v) is 10.1. The molecule has 3 heterocycles. The second-order valence-corrected chi connectivity index (χ2v) is 13.2. The fraction of sp³-hybridized carbons (Fsp3) is 0. The van der Waals surface area contributed by atoms with Crippen LogP contribution < -0.4 is 0 Å². The number of fused-ring (bicyclic) bond motifs is 9. The Morgan fingerprint density at radius 3 is 1.85 bits per heavy atom. The number of para-hydroxylation sites is 1. The van der Waals surface area contributed by atoms with Gasteiger partial charge in [-0.25, -0.2) is 15.0 Å². The van der Waals surface area contributed by atoms with Crippen LogP contribution >= 0.6 is 0 Å². The number of furan rings is 2. The predicted molar refractivity (Wildman–Crippen MR) is 211 cm³/mol. The molecule has 8 aromatic carbocycles. The van der Waals surface area contributed by atoms with E-state index in [4.69, 9.17) is 23.8 Å². The van der Waals surface area contributed by atoms with Crippen molar-refractivity contribution in [2.45, 2.75) is 0 Å². The molecule has 52 heavy (non-hydrogen) atoms. The van der Waals surface area contributed by atoms with Crippen molar-refractivity contribution in [3.8, 4) is 45.3 Å². The largest absolute Gasteiger partial charge is 0.456 e. The summed E-state index contributed by atoms with van der Waals surface area (Å²) in [4.78, 5) is 15.5. The highest BCUT2D eigenvalue weighted by molar-refractivity contribution is 6.22. The van der Waals surface area contributed by atoms with Gasteiger partial charge in [-0.05, 0) is 63.7 Å². The molecule has 11 aromatic rings. The van der Waals surface area contributed by atoms with E-state index in [-0.39, 0.29) is 0 Å². The van der Waals surface area contributed by atoms with Gasteiger partial charge in [0.25, 0.3) is 0 Å². The van der Waals surface area contributed by atoms with E-state index < -0.39 is 0 Å². The molecule has 0 atom stereocenters. The third kappa shape index (κ3) is 4.46. The maximum Gasteiger partial charge on any atom is 0.164 e. The van der Waals surface area contributed by atoms with E-state index in [0.29, 0.717) is 17.5 Å². The zero-order valence-corrected chi connectivity index (χ0v) is 27.7. The number of rotatable bonds is 4. The Morgan fingerprint density at radius 2 is 0.981 bits per heavy atom. The molecule has 0 amide bonds. The minimum absolute atomic E-state index is 0.566. The number of nitrogens with zero attached hydrogens (tertiary/aromatic N) is 3. The van der Waals surface area contributed by atoms with Gasteiger partial charge in [0, 0.05) is 43.6 Å². The van der Waals surface area contributed by atoms with Crippen LogP contribution in [-0.4, -0.2) is 15.0 Å². The van der Waals surface area contributed by atoms with Crippen LogP contribution in [-0.2, 0) is 0 Å². The normalized spacial score (nSPS) is 11.8. The summed E-state index contributed by atoms with van der Waals surface area (Å²) in [6.07, 6.45) is 0. The van der Waals surface area contributed by atoms with E-state index in [1.165, 1.54) is 0 Å². The molecular formula is C47H27N3O2. The Labute approximate surface area is 297 Å². The van der Waals surface area contributed by atoms with Crippen molar-refractivity contribution < 1.29 is 8.83 Å². The fourth-order valence-electron chi connectivity index (χ4n) is 7.64. The van der Waals surface area contributed by atoms with E-state index in [0.717, 1.165) is 93.2 Å². The minimum Gasteiger partial charge on any atom is -0.456 e. The second-order valence-electron chi connectivity index (χ2n) is 13.2. The van der Waals surface area contributed by atoms with Crippen molar-refractivity contribution in [1.29, 1.82) is 0 Å². The van der Waals surface area contributed by atoms with Gasteiger partial charge in [-0.15, -0.1) is 0 Å². The lowest BCUT2D eigenvalue weighted by Crippen LogP contribution is -2.00. The molecule has 0 saturated heterocycles. The van der Waals surface area contributed by atoms with Gasteiger partial charge in [0.15, 0.2) is 17.5 Å². The molecule has 0 fully saturated rings. The lowest BCUT2D eigenvalue weighted by Gasteiger charge is -2.11. The standard InChI is InChI=1S/C47H27N3O2/c1-2-12-29(13-3-1)38-27-39-43-37(18-10-20-41(43)52-44(39)36-17-7-6-15-33(36)38)47-49-45(31-22-21-28-11-4-5-14-30(28)25-31)48-46(50-47)32-23-24-35-34-16-8-9-19-40(34)51-42(35)26-32/h1-27H. The Morgan fingerprint density at radius 1 is 0.327 bits per heavy atom. The Bertz CT molecular complexity index is 3190. The molecule has 0 radical (unpaired) electrons. The number of hydrogen-bond donors (Lipinski definition) is 0. The van der Waals surface area contributed by atoms with Crippen molar-refractivity contribution in [2.75, 3.05) is 0 Å². The van der Waals surface area contributed by atoms with E-state index in [2.05, 4.69) is 121 Å². The molecule has 0 aliphatic rings. The zero-order valence-electron chi connectivity index (χ0n) is 27.7. The Hall–Kier alpha value is -7.11. The van der Waals surface area contributed by atoms with Crippen LogP contribution in [0.3, 0.4) is 0 Å². The van der Waals surface area contributed by atoms with Crippen molar-refractivity contribution in [3.05, 3.63) is 164 Å². The summed E-state index contributed by atoms with van der Waals surface area (Å²) in [5, 5.41) is 8.60. The topological polar surface area (TPSA) is 65.0 Å². The summed E-state index contributed by atoms with van der Waals surface area (Å²) in [5.41, 5.74) is 8.19. The first-order valence-electron chi connectivity index (χ1n) is 17.3. The molecule has 0 aliphatic carbocycles. The number of benzene rings is 8. The first kappa shape index (κ1) is 28.7.